The first kappa shape index (κ1) is 18.1. The molecule has 0 bridgehead atoms. The maximum Gasteiger partial charge on any atom is 0.256 e. The third kappa shape index (κ3) is 3.12. The maximum absolute atomic E-state index is 14.3. The molecule has 2 aliphatic heterocycles. The highest BCUT2D eigenvalue weighted by atomic mass is 19.1. The number of benzene rings is 1. The first-order chi connectivity index (χ1) is 11.8. The number of halogens is 1. The maximum atomic E-state index is 14.3. The minimum atomic E-state index is -1.21. The first-order valence-electron chi connectivity index (χ1n) is 8.47. The number of aliphatic hydroxyl groups excluding tert-OH is 1. The largest absolute Gasteiger partial charge is 0.494 e. The van der Waals surface area contributed by atoms with E-state index in [2.05, 4.69) is 0 Å². The molecule has 1 aromatic carbocycles. The van der Waals surface area contributed by atoms with Gasteiger partial charge >= 0.3 is 0 Å². The molecule has 3 rings (SSSR count). The molecule has 1 amide bonds. The lowest BCUT2D eigenvalue weighted by Crippen LogP contribution is -2.64. The first-order valence-corrected chi connectivity index (χ1v) is 8.47. The summed E-state index contributed by atoms with van der Waals surface area (Å²) in [5, 5.41) is 20.8. The summed E-state index contributed by atoms with van der Waals surface area (Å²) < 4.78 is 25.0. The van der Waals surface area contributed by atoms with Crippen LogP contribution in [0.3, 0.4) is 0 Å². The zero-order chi connectivity index (χ0) is 18.2. The average molecular weight is 353 g/mol. The van der Waals surface area contributed by atoms with Gasteiger partial charge in [-0.05, 0) is 31.9 Å². The van der Waals surface area contributed by atoms with E-state index in [9.17, 15) is 19.4 Å². The molecule has 138 valence electrons. The van der Waals surface area contributed by atoms with Crippen molar-refractivity contribution in [3.8, 4) is 5.75 Å². The number of nitrogens with zero attached hydrogens (tertiary/aromatic N) is 1. The fourth-order valence-electron chi connectivity index (χ4n) is 3.75. The Labute approximate surface area is 146 Å². The van der Waals surface area contributed by atoms with Crippen molar-refractivity contribution < 1.29 is 28.9 Å². The normalized spacial score (nSPS) is 28.8. The highest BCUT2D eigenvalue weighted by molar-refractivity contribution is 5.95. The minimum absolute atomic E-state index is 0.0291. The van der Waals surface area contributed by atoms with Crippen molar-refractivity contribution in [2.24, 2.45) is 0 Å². The molecule has 2 saturated heterocycles. The molecule has 1 spiro atoms. The second kappa shape index (κ2) is 6.55. The molecule has 0 unspecified atom stereocenters. The van der Waals surface area contributed by atoms with Gasteiger partial charge in [0.2, 0.25) is 0 Å². The standard InChI is InChI=1S/C18H24FNO5/c1-17(23)8-11-25-18(16(17)22)6-9-20(10-7-18)15(21)12-4-3-5-13(24-2)14(12)19/h3-5,16,22-23H,6-11H2,1-2H3/t16-,17+/m0/s1. The molecule has 7 heteroatoms. The van der Waals surface area contributed by atoms with Crippen molar-refractivity contribution in [3.05, 3.63) is 29.6 Å². The van der Waals surface area contributed by atoms with Gasteiger partial charge in [-0.15, -0.1) is 0 Å². The van der Waals surface area contributed by atoms with E-state index in [1.165, 1.54) is 19.2 Å². The van der Waals surface area contributed by atoms with Crippen LogP contribution >= 0.6 is 0 Å². The van der Waals surface area contributed by atoms with E-state index >= 15 is 0 Å². The fourth-order valence-corrected chi connectivity index (χ4v) is 3.75. The van der Waals surface area contributed by atoms with Crippen molar-refractivity contribution >= 4 is 5.91 Å². The lowest BCUT2D eigenvalue weighted by atomic mass is 9.75. The summed E-state index contributed by atoms with van der Waals surface area (Å²) in [6.45, 7) is 2.61. The molecule has 0 saturated carbocycles. The SMILES string of the molecule is COc1cccc(C(=O)N2CCC3(CC2)OCC[C@@](C)(O)[C@@H]3O)c1F. The van der Waals surface area contributed by atoms with Crippen molar-refractivity contribution in [3.63, 3.8) is 0 Å². The molecule has 1 aromatic rings. The molecular formula is C18H24FNO5. The van der Waals surface area contributed by atoms with Gasteiger partial charge in [-0.2, -0.15) is 0 Å². The van der Waals surface area contributed by atoms with Crippen molar-refractivity contribution in [2.45, 2.75) is 43.5 Å². The molecule has 0 aromatic heterocycles. The van der Waals surface area contributed by atoms with Crippen molar-refractivity contribution in [2.75, 3.05) is 26.8 Å². The number of carbonyl (C=O) groups is 1. The van der Waals surface area contributed by atoms with Gasteiger partial charge in [0.15, 0.2) is 11.6 Å². The van der Waals surface area contributed by atoms with E-state index < -0.39 is 29.0 Å². The predicted octanol–water partition coefficient (Wildman–Crippen LogP) is 1.34. The van der Waals surface area contributed by atoms with Gasteiger partial charge in [-0.3, -0.25) is 4.79 Å². The molecule has 0 radical (unpaired) electrons. The van der Waals surface area contributed by atoms with Crippen molar-refractivity contribution in [1.29, 1.82) is 0 Å². The molecule has 2 heterocycles. The smallest absolute Gasteiger partial charge is 0.256 e. The number of ether oxygens (including phenoxy) is 2. The zero-order valence-electron chi connectivity index (χ0n) is 14.5. The third-order valence-electron chi connectivity index (χ3n) is 5.40. The second-order valence-corrected chi connectivity index (χ2v) is 7.04. The summed E-state index contributed by atoms with van der Waals surface area (Å²) in [5.41, 5.74) is -2.10. The Morgan fingerprint density at radius 1 is 1.36 bits per heavy atom. The topological polar surface area (TPSA) is 79.2 Å². The van der Waals surface area contributed by atoms with Crippen LogP contribution in [0.1, 0.15) is 36.5 Å². The molecule has 2 aliphatic rings. The fraction of sp³-hybridized carbons (Fsp3) is 0.611. The van der Waals surface area contributed by atoms with E-state index in [-0.39, 0.29) is 11.3 Å². The van der Waals surface area contributed by atoms with Crippen LogP contribution in [0.2, 0.25) is 0 Å². The monoisotopic (exact) mass is 353 g/mol. The molecular weight excluding hydrogens is 329 g/mol. The number of carbonyl (C=O) groups excluding carboxylic acids is 1. The number of aliphatic hydroxyl groups is 2. The van der Waals surface area contributed by atoms with Crippen molar-refractivity contribution in [1.82, 2.24) is 4.90 Å². The minimum Gasteiger partial charge on any atom is -0.494 e. The van der Waals surface area contributed by atoms with Crippen LogP contribution in [0.5, 0.6) is 5.75 Å². The molecule has 0 aliphatic carbocycles. The van der Waals surface area contributed by atoms with Crippen LogP contribution in [0.15, 0.2) is 18.2 Å². The molecule has 25 heavy (non-hydrogen) atoms. The second-order valence-electron chi connectivity index (χ2n) is 7.04. The van der Waals surface area contributed by atoms with Gasteiger partial charge in [-0.25, -0.2) is 4.39 Å². The highest BCUT2D eigenvalue weighted by Crippen LogP contribution is 2.40. The van der Waals surface area contributed by atoms with Crippen LogP contribution in [0.4, 0.5) is 4.39 Å². The molecule has 6 nitrogen and oxygen atoms in total. The van der Waals surface area contributed by atoms with Crippen LogP contribution in [-0.4, -0.2) is 65.1 Å². The number of hydrogen-bond acceptors (Lipinski definition) is 5. The van der Waals surface area contributed by atoms with Crippen LogP contribution < -0.4 is 4.74 Å². The van der Waals surface area contributed by atoms with Crippen LogP contribution in [0, 0.1) is 5.82 Å². The van der Waals surface area contributed by atoms with Gasteiger partial charge in [0, 0.05) is 19.5 Å². The summed E-state index contributed by atoms with van der Waals surface area (Å²) >= 11 is 0. The Kier molecular flexibility index (Phi) is 4.74. The van der Waals surface area contributed by atoms with Gasteiger partial charge in [0.1, 0.15) is 11.7 Å². The van der Waals surface area contributed by atoms with Gasteiger partial charge in [0.25, 0.3) is 5.91 Å². The number of methoxy groups -OCH3 is 1. The summed E-state index contributed by atoms with van der Waals surface area (Å²) in [5.74, 6) is -1.06. The summed E-state index contributed by atoms with van der Waals surface area (Å²) in [6, 6.07) is 4.47. The van der Waals surface area contributed by atoms with Gasteiger partial charge < -0.3 is 24.6 Å². The summed E-state index contributed by atoms with van der Waals surface area (Å²) in [4.78, 5) is 14.2. The van der Waals surface area contributed by atoms with Crippen LogP contribution in [-0.2, 0) is 4.74 Å². The lowest BCUT2D eigenvalue weighted by Gasteiger charge is -2.51. The van der Waals surface area contributed by atoms with Crippen LogP contribution in [0.25, 0.3) is 0 Å². The van der Waals surface area contributed by atoms with E-state index in [0.717, 1.165) is 0 Å². The lowest BCUT2D eigenvalue weighted by molar-refractivity contribution is -0.244. The van der Waals surface area contributed by atoms with E-state index in [1.807, 2.05) is 0 Å². The van der Waals surface area contributed by atoms with Gasteiger partial charge in [-0.1, -0.05) is 6.07 Å². The Hall–Kier alpha value is -1.70. The number of likely N-dealkylation sites (tertiary alicyclic amines) is 1. The third-order valence-corrected chi connectivity index (χ3v) is 5.40. The van der Waals surface area contributed by atoms with E-state index in [1.54, 1.807) is 17.9 Å². The van der Waals surface area contributed by atoms with Gasteiger partial charge in [0.05, 0.1) is 24.9 Å². The Bertz CT molecular complexity index is 655. The number of rotatable bonds is 2. The number of amides is 1. The van der Waals surface area contributed by atoms with E-state index in [4.69, 9.17) is 9.47 Å². The molecule has 2 fully saturated rings. The average Bonchev–Trinajstić information content (AvgIpc) is 2.60. The predicted molar refractivity (Wildman–Crippen MR) is 88.0 cm³/mol. The quantitative estimate of drug-likeness (QED) is 0.839. The summed E-state index contributed by atoms with van der Waals surface area (Å²) in [6.07, 6.45) is 0.135. The number of hydrogen-bond donors (Lipinski definition) is 2. The summed E-state index contributed by atoms with van der Waals surface area (Å²) in [7, 11) is 1.35. The Morgan fingerprint density at radius 2 is 2.04 bits per heavy atom. The Morgan fingerprint density at radius 3 is 2.68 bits per heavy atom. The Balaban J connectivity index is 1.73. The molecule has 2 N–H and O–H groups in total. The number of piperidine rings is 1. The zero-order valence-corrected chi connectivity index (χ0v) is 14.5. The van der Waals surface area contributed by atoms with E-state index in [0.29, 0.717) is 39.0 Å². The highest BCUT2D eigenvalue weighted by Gasteiger charge is 2.53. The molecule has 2 atom stereocenters.